The van der Waals surface area contributed by atoms with Crippen molar-refractivity contribution in [3.05, 3.63) is 56.8 Å². The van der Waals surface area contributed by atoms with Crippen molar-refractivity contribution in [2.24, 2.45) is 0 Å². The second-order valence-electron chi connectivity index (χ2n) is 7.80. The van der Waals surface area contributed by atoms with Crippen LogP contribution in [0.4, 0.5) is 0 Å². The SMILES string of the molecule is COc1cc(C)c(/C(O)=C2/C(=O)C(=O)N(C3CCCC3)C2c2cccs2)cc1C. The Morgan fingerprint density at radius 3 is 2.52 bits per heavy atom. The molecule has 0 radical (unpaired) electrons. The quantitative estimate of drug-likeness (QED) is 0.448. The van der Waals surface area contributed by atoms with E-state index in [0.717, 1.165) is 47.4 Å². The van der Waals surface area contributed by atoms with Crippen molar-refractivity contribution >= 4 is 28.8 Å². The number of aryl methyl sites for hydroxylation is 2. The molecule has 5 nitrogen and oxygen atoms in total. The molecule has 2 aliphatic rings. The Labute approximate surface area is 174 Å². The summed E-state index contributed by atoms with van der Waals surface area (Å²) >= 11 is 1.51. The van der Waals surface area contributed by atoms with Crippen molar-refractivity contribution in [3.63, 3.8) is 0 Å². The number of methoxy groups -OCH3 is 1. The molecule has 1 atom stereocenters. The molecule has 1 aromatic heterocycles. The van der Waals surface area contributed by atoms with E-state index in [9.17, 15) is 14.7 Å². The Kier molecular flexibility index (Phi) is 5.21. The van der Waals surface area contributed by atoms with Crippen LogP contribution in [0, 0.1) is 13.8 Å². The number of aliphatic hydroxyl groups is 1. The molecule has 2 heterocycles. The first-order valence-electron chi connectivity index (χ1n) is 9.93. The molecule has 1 unspecified atom stereocenters. The van der Waals surface area contributed by atoms with Crippen LogP contribution in [-0.4, -0.2) is 34.8 Å². The summed E-state index contributed by atoms with van der Waals surface area (Å²) in [6.07, 6.45) is 3.91. The number of hydrogen-bond donors (Lipinski definition) is 1. The van der Waals surface area contributed by atoms with Gasteiger partial charge < -0.3 is 14.7 Å². The predicted octanol–water partition coefficient (Wildman–Crippen LogP) is 4.74. The lowest BCUT2D eigenvalue weighted by Gasteiger charge is -2.29. The number of carbonyl (C=O) groups is 2. The number of nitrogens with zero attached hydrogens (tertiary/aromatic N) is 1. The summed E-state index contributed by atoms with van der Waals surface area (Å²) in [5.74, 6) is -0.480. The first-order valence-corrected chi connectivity index (χ1v) is 10.8. The van der Waals surface area contributed by atoms with Crippen molar-refractivity contribution in [2.75, 3.05) is 7.11 Å². The maximum atomic E-state index is 13.1. The predicted molar refractivity (Wildman–Crippen MR) is 113 cm³/mol. The van der Waals surface area contributed by atoms with Crippen molar-refractivity contribution in [1.82, 2.24) is 4.90 Å². The van der Waals surface area contributed by atoms with Gasteiger partial charge in [0.1, 0.15) is 11.5 Å². The van der Waals surface area contributed by atoms with E-state index < -0.39 is 17.7 Å². The first kappa shape index (κ1) is 19.7. The highest BCUT2D eigenvalue weighted by atomic mass is 32.1. The van der Waals surface area contributed by atoms with E-state index in [1.807, 2.05) is 43.5 Å². The summed E-state index contributed by atoms with van der Waals surface area (Å²) in [6, 6.07) is 7.03. The van der Waals surface area contributed by atoms with Gasteiger partial charge in [-0.05, 0) is 61.4 Å². The lowest BCUT2D eigenvalue weighted by atomic mass is 9.95. The van der Waals surface area contributed by atoms with Gasteiger partial charge in [-0.1, -0.05) is 18.9 Å². The number of carbonyl (C=O) groups excluding carboxylic acids is 2. The molecule has 1 saturated carbocycles. The van der Waals surface area contributed by atoms with Gasteiger partial charge in [0.2, 0.25) is 0 Å². The number of rotatable bonds is 4. The number of likely N-dealkylation sites (tertiary alicyclic amines) is 1. The smallest absolute Gasteiger partial charge is 0.295 e. The van der Waals surface area contributed by atoms with Crippen molar-refractivity contribution in [1.29, 1.82) is 0 Å². The maximum Gasteiger partial charge on any atom is 0.295 e. The van der Waals surface area contributed by atoms with Gasteiger partial charge in [0.25, 0.3) is 11.7 Å². The second-order valence-corrected chi connectivity index (χ2v) is 8.78. The van der Waals surface area contributed by atoms with Crippen LogP contribution >= 0.6 is 11.3 Å². The Balaban J connectivity index is 1.89. The fourth-order valence-electron chi connectivity index (χ4n) is 4.55. The first-order chi connectivity index (χ1) is 13.9. The number of ketones is 1. The van der Waals surface area contributed by atoms with E-state index in [1.54, 1.807) is 12.0 Å². The van der Waals surface area contributed by atoms with Crippen LogP contribution in [0.3, 0.4) is 0 Å². The van der Waals surface area contributed by atoms with Crippen LogP contribution < -0.4 is 4.74 Å². The average molecular weight is 412 g/mol. The molecule has 2 fully saturated rings. The van der Waals surface area contributed by atoms with Crippen LogP contribution in [0.25, 0.3) is 5.76 Å². The van der Waals surface area contributed by atoms with Gasteiger partial charge in [0.15, 0.2) is 0 Å². The molecule has 1 aromatic carbocycles. The largest absolute Gasteiger partial charge is 0.507 e. The zero-order valence-electron chi connectivity index (χ0n) is 16.9. The van der Waals surface area contributed by atoms with Gasteiger partial charge in [-0.2, -0.15) is 0 Å². The number of ether oxygens (including phenoxy) is 1. The zero-order valence-corrected chi connectivity index (χ0v) is 17.7. The van der Waals surface area contributed by atoms with Crippen LogP contribution in [-0.2, 0) is 9.59 Å². The molecule has 0 spiro atoms. The van der Waals surface area contributed by atoms with Gasteiger partial charge in [-0.15, -0.1) is 11.3 Å². The molecule has 0 bridgehead atoms. The molecule has 29 heavy (non-hydrogen) atoms. The minimum atomic E-state index is -0.597. The molecule has 1 aliphatic carbocycles. The molecule has 1 saturated heterocycles. The third kappa shape index (κ3) is 3.25. The summed E-state index contributed by atoms with van der Waals surface area (Å²) < 4.78 is 5.36. The summed E-state index contributed by atoms with van der Waals surface area (Å²) in [7, 11) is 1.60. The Bertz CT molecular complexity index is 987. The third-order valence-electron chi connectivity index (χ3n) is 6.01. The Morgan fingerprint density at radius 1 is 1.17 bits per heavy atom. The molecular weight excluding hydrogens is 386 g/mol. The Morgan fingerprint density at radius 2 is 1.90 bits per heavy atom. The van der Waals surface area contributed by atoms with Crippen molar-refractivity contribution < 1.29 is 19.4 Å². The molecular formula is C23H25NO4S. The standard InChI is InChI=1S/C23H25NO4S/c1-13-12-17(28-3)14(2)11-16(13)21(25)19-20(18-9-6-10-29-18)24(23(27)22(19)26)15-7-4-5-8-15/h6,9-12,15,20,25H,4-5,7-8H2,1-3H3/b21-19-. The normalized spacial score (nSPS) is 21.9. The van der Waals surface area contributed by atoms with Crippen LogP contribution in [0.2, 0.25) is 0 Å². The highest BCUT2D eigenvalue weighted by Gasteiger charge is 2.49. The topological polar surface area (TPSA) is 66.8 Å². The maximum absolute atomic E-state index is 13.1. The lowest BCUT2D eigenvalue weighted by molar-refractivity contribution is -0.141. The average Bonchev–Trinajstić information content (AvgIpc) is 3.45. The van der Waals surface area contributed by atoms with E-state index in [1.165, 1.54) is 11.3 Å². The fraction of sp³-hybridized carbons (Fsp3) is 0.391. The molecule has 152 valence electrons. The van der Waals surface area contributed by atoms with Crippen LogP contribution in [0.1, 0.15) is 53.3 Å². The fourth-order valence-corrected chi connectivity index (χ4v) is 5.38. The molecule has 6 heteroatoms. The lowest BCUT2D eigenvalue weighted by Crippen LogP contribution is -2.37. The Hall–Kier alpha value is -2.60. The highest BCUT2D eigenvalue weighted by molar-refractivity contribution is 7.10. The number of benzene rings is 1. The zero-order chi connectivity index (χ0) is 20.7. The van der Waals surface area contributed by atoms with Gasteiger partial charge in [-0.3, -0.25) is 9.59 Å². The summed E-state index contributed by atoms with van der Waals surface area (Å²) in [6.45, 7) is 3.76. The van der Waals surface area contributed by atoms with Gasteiger partial charge in [0.05, 0.1) is 18.7 Å². The van der Waals surface area contributed by atoms with Crippen molar-refractivity contribution in [2.45, 2.75) is 51.6 Å². The minimum Gasteiger partial charge on any atom is -0.507 e. The van der Waals surface area contributed by atoms with Gasteiger partial charge in [-0.25, -0.2) is 0 Å². The number of thiophene rings is 1. The molecule has 2 aromatic rings. The second kappa shape index (κ2) is 7.67. The molecule has 1 N–H and O–H groups in total. The number of amides is 1. The van der Waals surface area contributed by atoms with Gasteiger partial charge in [0, 0.05) is 16.5 Å². The monoisotopic (exact) mass is 411 g/mol. The van der Waals surface area contributed by atoms with Crippen molar-refractivity contribution in [3.8, 4) is 5.75 Å². The summed E-state index contributed by atoms with van der Waals surface area (Å²) in [5.41, 5.74) is 2.41. The van der Waals surface area contributed by atoms with E-state index in [0.29, 0.717) is 5.56 Å². The third-order valence-corrected chi connectivity index (χ3v) is 6.93. The number of Topliss-reactive ketones (excluding diaryl/α,β-unsaturated/α-hetero) is 1. The number of aliphatic hydroxyl groups excluding tert-OH is 1. The highest BCUT2D eigenvalue weighted by Crippen LogP contribution is 2.45. The number of hydrogen-bond acceptors (Lipinski definition) is 5. The van der Waals surface area contributed by atoms with E-state index in [4.69, 9.17) is 4.74 Å². The summed E-state index contributed by atoms with van der Waals surface area (Å²) in [5, 5.41) is 13.2. The molecule has 4 rings (SSSR count). The van der Waals surface area contributed by atoms with E-state index >= 15 is 0 Å². The van der Waals surface area contributed by atoms with Crippen LogP contribution in [0.15, 0.2) is 35.2 Å². The van der Waals surface area contributed by atoms with E-state index in [2.05, 4.69) is 0 Å². The molecule has 1 aliphatic heterocycles. The van der Waals surface area contributed by atoms with E-state index in [-0.39, 0.29) is 17.4 Å². The summed E-state index contributed by atoms with van der Waals surface area (Å²) in [4.78, 5) is 28.7. The van der Waals surface area contributed by atoms with Gasteiger partial charge >= 0.3 is 0 Å². The minimum absolute atomic E-state index is 0.0440. The molecule has 1 amide bonds. The van der Waals surface area contributed by atoms with Crippen LogP contribution in [0.5, 0.6) is 5.75 Å².